The van der Waals surface area contributed by atoms with Gasteiger partial charge in [0.05, 0.1) is 23.4 Å². The van der Waals surface area contributed by atoms with Crippen molar-refractivity contribution in [2.24, 2.45) is 10.8 Å². The van der Waals surface area contributed by atoms with Crippen LogP contribution in [0, 0.1) is 28.0 Å². The molecule has 1 saturated carbocycles. The second-order valence-electron chi connectivity index (χ2n) is 9.19. The first-order valence-corrected chi connectivity index (χ1v) is 9.83. The van der Waals surface area contributed by atoms with Crippen molar-refractivity contribution in [3.8, 4) is 17.3 Å². The standard InChI is InChI=1S/C23H27FN4O/c1-21(2,14-25)27-20(29)23(5)11-10-17(22(23,3)4)15-12-19(28-26-13-15)16-8-6-7-9-18(16)24/h6-9,12-13,17H,10-11H2,1-5H3,(H,27,29)/t17-,23-/m0/s1. The predicted molar refractivity (Wildman–Crippen MR) is 109 cm³/mol. The minimum Gasteiger partial charge on any atom is -0.338 e. The number of carbonyl (C=O) groups excluding carboxylic acids is 1. The Balaban J connectivity index is 1.94. The SMILES string of the molecule is CC(C)(C#N)NC(=O)[C@]1(C)CC[C@@H](c2cnnc(-c3ccccc3F)c2)C1(C)C. The van der Waals surface area contributed by atoms with Gasteiger partial charge in [-0.2, -0.15) is 15.5 Å². The van der Waals surface area contributed by atoms with E-state index < -0.39 is 16.4 Å². The van der Waals surface area contributed by atoms with Gasteiger partial charge in [-0.05, 0) is 61.8 Å². The number of hydrogen-bond donors (Lipinski definition) is 1. The molecule has 3 rings (SSSR count). The van der Waals surface area contributed by atoms with E-state index in [0.717, 1.165) is 12.0 Å². The molecule has 1 fully saturated rings. The molecular weight excluding hydrogens is 367 g/mol. The van der Waals surface area contributed by atoms with Gasteiger partial charge in [0.2, 0.25) is 5.91 Å². The highest BCUT2D eigenvalue weighted by Gasteiger charge is 2.56. The average molecular weight is 394 g/mol. The van der Waals surface area contributed by atoms with E-state index in [-0.39, 0.29) is 17.6 Å². The predicted octanol–water partition coefficient (Wildman–Crippen LogP) is 4.61. The van der Waals surface area contributed by atoms with Crippen LogP contribution in [0.5, 0.6) is 0 Å². The number of amides is 1. The van der Waals surface area contributed by atoms with Gasteiger partial charge in [-0.25, -0.2) is 4.39 Å². The van der Waals surface area contributed by atoms with E-state index in [2.05, 4.69) is 35.4 Å². The van der Waals surface area contributed by atoms with Crippen molar-refractivity contribution in [1.29, 1.82) is 5.26 Å². The molecule has 1 aromatic carbocycles. The molecule has 29 heavy (non-hydrogen) atoms. The fourth-order valence-corrected chi connectivity index (χ4v) is 4.31. The van der Waals surface area contributed by atoms with Gasteiger partial charge in [0.1, 0.15) is 11.4 Å². The molecule has 1 amide bonds. The second-order valence-corrected chi connectivity index (χ2v) is 9.19. The summed E-state index contributed by atoms with van der Waals surface area (Å²) < 4.78 is 14.2. The molecule has 1 heterocycles. The van der Waals surface area contributed by atoms with Crippen molar-refractivity contribution in [3.05, 3.63) is 47.9 Å². The molecule has 0 aliphatic heterocycles. The van der Waals surface area contributed by atoms with Crippen LogP contribution in [0.15, 0.2) is 36.5 Å². The first-order valence-electron chi connectivity index (χ1n) is 9.83. The van der Waals surface area contributed by atoms with Crippen LogP contribution in [-0.4, -0.2) is 21.6 Å². The molecule has 5 nitrogen and oxygen atoms in total. The Morgan fingerprint density at radius 3 is 2.66 bits per heavy atom. The highest BCUT2D eigenvalue weighted by atomic mass is 19.1. The Morgan fingerprint density at radius 2 is 2.00 bits per heavy atom. The number of carbonyl (C=O) groups is 1. The number of hydrogen-bond acceptors (Lipinski definition) is 4. The van der Waals surface area contributed by atoms with Crippen LogP contribution in [0.2, 0.25) is 0 Å². The summed E-state index contributed by atoms with van der Waals surface area (Å²) in [7, 11) is 0. The lowest BCUT2D eigenvalue weighted by atomic mass is 9.63. The van der Waals surface area contributed by atoms with Gasteiger partial charge in [-0.1, -0.05) is 32.9 Å². The monoisotopic (exact) mass is 394 g/mol. The van der Waals surface area contributed by atoms with Crippen molar-refractivity contribution in [1.82, 2.24) is 15.5 Å². The highest BCUT2D eigenvalue weighted by Crippen LogP contribution is 2.60. The van der Waals surface area contributed by atoms with Crippen LogP contribution in [0.25, 0.3) is 11.3 Å². The highest BCUT2D eigenvalue weighted by molar-refractivity contribution is 5.84. The molecule has 1 N–H and O–H groups in total. The Hall–Kier alpha value is -2.81. The largest absolute Gasteiger partial charge is 0.338 e. The smallest absolute Gasteiger partial charge is 0.227 e. The fourth-order valence-electron chi connectivity index (χ4n) is 4.31. The quantitative estimate of drug-likeness (QED) is 0.821. The summed E-state index contributed by atoms with van der Waals surface area (Å²) in [6.45, 7) is 9.50. The molecule has 1 aliphatic carbocycles. The Morgan fingerprint density at radius 1 is 1.31 bits per heavy atom. The van der Waals surface area contributed by atoms with Crippen LogP contribution in [-0.2, 0) is 4.79 Å². The molecule has 0 bridgehead atoms. The fraction of sp³-hybridized carbons (Fsp3) is 0.478. The molecule has 2 aromatic rings. The molecule has 0 unspecified atom stereocenters. The van der Waals surface area contributed by atoms with E-state index >= 15 is 0 Å². The molecule has 6 heteroatoms. The van der Waals surface area contributed by atoms with Crippen LogP contribution in [0.4, 0.5) is 4.39 Å². The van der Waals surface area contributed by atoms with Gasteiger partial charge in [-0.3, -0.25) is 4.79 Å². The zero-order chi connectivity index (χ0) is 21.4. The van der Waals surface area contributed by atoms with Gasteiger partial charge < -0.3 is 5.32 Å². The summed E-state index contributed by atoms with van der Waals surface area (Å²) in [4.78, 5) is 13.1. The molecular formula is C23H27FN4O. The lowest BCUT2D eigenvalue weighted by Crippen LogP contribution is -2.52. The van der Waals surface area contributed by atoms with E-state index in [4.69, 9.17) is 0 Å². The first-order chi connectivity index (χ1) is 13.5. The van der Waals surface area contributed by atoms with Crippen LogP contribution in [0.1, 0.15) is 58.9 Å². The van der Waals surface area contributed by atoms with Crippen molar-refractivity contribution in [2.45, 2.75) is 58.9 Å². The molecule has 1 aliphatic rings. The van der Waals surface area contributed by atoms with E-state index in [1.165, 1.54) is 6.07 Å². The summed E-state index contributed by atoms with van der Waals surface area (Å²) in [5, 5.41) is 20.4. The number of halogens is 1. The normalized spacial score (nSPS) is 23.4. The molecule has 0 spiro atoms. The van der Waals surface area contributed by atoms with Crippen LogP contribution in [0.3, 0.4) is 0 Å². The molecule has 0 saturated heterocycles. The lowest BCUT2D eigenvalue weighted by Gasteiger charge is -2.41. The third-order valence-electron chi connectivity index (χ3n) is 6.66. The number of benzene rings is 1. The molecule has 0 radical (unpaired) electrons. The summed E-state index contributed by atoms with van der Waals surface area (Å²) in [5.74, 6) is -0.398. The average Bonchev–Trinajstić information content (AvgIpc) is 2.92. The third-order valence-corrected chi connectivity index (χ3v) is 6.66. The van der Waals surface area contributed by atoms with E-state index in [1.54, 1.807) is 38.2 Å². The maximum absolute atomic E-state index is 14.2. The van der Waals surface area contributed by atoms with Crippen molar-refractivity contribution >= 4 is 5.91 Å². The van der Waals surface area contributed by atoms with Crippen LogP contribution < -0.4 is 5.32 Å². The zero-order valence-electron chi connectivity index (χ0n) is 17.6. The summed E-state index contributed by atoms with van der Waals surface area (Å²) >= 11 is 0. The number of aromatic nitrogens is 2. The maximum Gasteiger partial charge on any atom is 0.227 e. The summed E-state index contributed by atoms with van der Waals surface area (Å²) in [6.07, 6.45) is 3.20. The third kappa shape index (κ3) is 3.62. The van der Waals surface area contributed by atoms with Gasteiger partial charge in [0, 0.05) is 5.56 Å². The first kappa shape index (κ1) is 20.9. The molecule has 1 aromatic heterocycles. The number of nitriles is 1. The van der Waals surface area contributed by atoms with Crippen molar-refractivity contribution in [2.75, 3.05) is 0 Å². The maximum atomic E-state index is 14.2. The van der Waals surface area contributed by atoms with Crippen LogP contribution >= 0.6 is 0 Å². The number of nitrogens with one attached hydrogen (secondary N) is 1. The van der Waals surface area contributed by atoms with E-state index in [0.29, 0.717) is 17.7 Å². The molecule has 2 atom stereocenters. The Bertz CT molecular complexity index is 979. The van der Waals surface area contributed by atoms with E-state index in [9.17, 15) is 14.4 Å². The van der Waals surface area contributed by atoms with Gasteiger partial charge in [-0.15, -0.1) is 0 Å². The topological polar surface area (TPSA) is 78.7 Å². The summed E-state index contributed by atoms with van der Waals surface area (Å²) in [5.41, 5.74) is -0.121. The van der Waals surface area contributed by atoms with Gasteiger partial charge in [0.25, 0.3) is 0 Å². The zero-order valence-corrected chi connectivity index (χ0v) is 17.6. The lowest BCUT2D eigenvalue weighted by molar-refractivity contribution is -0.136. The van der Waals surface area contributed by atoms with Crippen molar-refractivity contribution < 1.29 is 9.18 Å². The minimum atomic E-state index is -0.926. The van der Waals surface area contributed by atoms with Gasteiger partial charge in [0.15, 0.2) is 0 Å². The summed E-state index contributed by atoms with van der Waals surface area (Å²) in [6, 6.07) is 10.5. The Labute approximate surface area is 171 Å². The van der Waals surface area contributed by atoms with Crippen molar-refractivity contribution in [3.63, 3.8) is 0 Å². The Kier molecular flexibility index (Phi) is 5.20. The second kappa shape index (κ2) is 7.22. The van der Waals surface area contributed by atoms with Gasteiger partial charge >= 0.3 is 0 Å². The minimum absolute atomic E-state index is 0.0597. The van der Waals surface area contributed by atoms with E-state index in [1.807, 2.05) is 13.0 Å². The molecule has 152 valence electrons. The number of nitrogens with zero attached hydrogens (tertiary/aromatic N) is 3. The number of rotatable bonds is 4.